The van der Waals surface area contributed by atoms with Gasteiger partial charge in [0.15, 0.2) is 0 Å². The lowest BCUT2D eigenvalue weighted by atomic mass is 9.73. The summed E-state index contributed by atoms with van der Waals surface area (Å²) in [7, 11) is 0. The molecular weight excluding hydrogens is 314 g/mol. The Bertz CT molecular complexity index is 678. The third kappa shape index (κ3) is 4.38. The third-order valence-corrected chi connectivity index (χ3v) is 6.63. The van der Waals surface area contributed by atoms with Gasteiger partial charge in [-0.15, -0.1) is 0 Å². The van der Waals surface area contributed by atoms with E-state index in [0.29, 0.717) is 0 Å². The van der Waals surface area contributed by atoms with Gasteiger partial charge in [0.1, 0.15) is 0 Å². The van der Waals surface area contributed by atoms with Crippen LogP contribution >= 0.6 is 0 Å². The lowest BCUT2D eigenvalue weighted by Crippen LogP contribution is -2.27. The first kappa shape index (κ1) is 17.8. The molecule has 0 aromatic heterocycles. The largest absolute Gasteiger partial charge is 0.303 e. The zero-order chi connectivity index (χ0) is 17.6. The average Bonchev–Trinajstić information content (AvgIpc) is 2.94. The zero-order valence-corrected chi connectivity index (χ0v) is 16.1. The van der Waals surface area contributed by atoms with E-state index in [1.165, 1.54) is 76.6 Å². The van der Waals surface area contributed by atoms with Gasteiger partial charge < -0.3 is 4.90 Å². The zero-order valence-electron chi connectivity index (χ0n) is 16.1. The van der Waals surface area contributed by atoms with Crippen LogP contribution in [0.4, 0.5) is 0 Å². The Morgan fingerprint density at radius 2 is 1.65 bits per heavy atom. The van der Waals surface area contributed by atoms with Crippen molar-refractivity contribution in [2.24, 2.45) is 5.92 Å². The van der Waals surface area contributed by atoms with Gasteiger partial charge in [-0.1, -0.05) is 54.6 Å². The Labute approximate surface area is 159 Å². The van der Waals surface area contributed by atoms with Crippen LogP contribution in [-0.2, 0) is 12.8 Å². The predicted molar refractivity (Wildman–Crippen MR) is 111 cm³/mol. The van der Waals surface area contributed by atoms with Crippen molar-refractivity contribution in [3.63, 3.8) is 0 Å². The molecule has 2 atom stereocenters. The molecule has 4 rings (SSSR count). The normalized spacial score (nSPS) is 24.0. The number of fused-ring (bicyclic) bond motifs is 1. The Balaban J connectivity index is 1.30. The molecule has 2 aliphatic rings. The molecule has 1 saturated heterocycles. The van der Waals surface area contributed by atoms with Crippen LogP contribution in [0.5, 0.6) is 0 Å². The van der Waals surface area contributed by atoms with E-state index in [1.54, 1.807) is 11.1 Å². The van der Waals surface area contributed by atoms with Crippen molar-refractivity contribution in [3.05, 3.63) is 71.3 Å². The van der Waals surface area contributed by atoms with Gasteiger partial charge in [0.2, 0.25) is 0 Å². The number of hydrogen-bond acceptors (Lipinski definition) is 1. The Hall–Kier alpha value is -1.60. The van der Waals surface area contributed by atoms with E-state index >= 15 is 0 Å². The molecule has 2 aromatic carbocycles. The first-order valence-corrected chi connectivity index (χ1v) is 10.7. The van der Waals surface area contributed by atoms with E-state index < -0.39 is 0 Å². The number of likely N-dealkylation sites (tertiary alicyclic amines) is 1. The second kappa shape index (κ2) is 8.86. The van der Waals surface area contributed by atoms with Crippen LogP contribution in [0.3, 0.4) is 0 Å². The fraction of sp³-hybridized carbons (Fsp3) is 0.520. The summed E-state index contributed by atoms with van der Waals surface area (Å²) in [5, 5.41) is 0. The van der Waals surface area contributed by atoms with Gasteiger partial charge in [0.05, 0.1) is 0 Å². The van der Waals surface area contributed by atoms with Crippen molar-refractivity contribution in [1.82, 2.24) is 4.90 Å². The summed E-state index contributed by atoms with van der Waals surface area (Å²) >= 11 is 0. The van der Waals surface area contributed by atoms with Gasteiger partial charge in [-0.05, 0) is 99.5 Å². The van der Waals surface area contributed by atoms with Crippen molar-refractivity contribution >= 4 is 0 Å². The molecule has 1 unspecified atom stereocenters. The highest BCUT2D eigenvalue weighted by molar-refractivity contribution is 5.33. The van der Waals surface area contributed by atoms with Crippen molar-refractivity contribution < 1.29 is 0 Å². The maximum absolute atomic E-state index is 2.73. The highest BCUT2D eigenvalue weighted by atomic mass is 15.1. The molecule has 138 valence electrons. The summed E-state index contributed by atoms with van der Waals surface area (Å²) in [5.74, 6) is 1.72. The molecular formula is C25H33N. The lowest BCUT2D eigenvalue weighted by Gasteiger charge is -2.32. The minimum absolute atomic E-state index is 0.823. The summed E-state index contributed by atoms with van der Waals surface area (Å²) in [6.07, 6.45) is 10.8. The molecule has 1 aliphatic heterocycles. The molecule has 0 amide bonds. The molecule has 26 heavy (non-hydrogen) atoms. The fourth-order valence-electron chi connectivity index (χ4n) is 5.24. The molecule has 0 bridgehead atoms. The van der Waals surface area contributed by atoms with Gasteiger partial charge in [-0.25, -0.2) is 0 Å². The quantitative estimate of drug-likeness (QED) is 0.656. The maximum Gasteiger partial charge on any atom is -0.00156 e. The minimum Gasteiger partial charge on any atom is -0.303 e. The summed E-state index contributed by atoms with van der Waals surface area (Å²) in [6.45, 7) is 3.88. The average molecular weight is 348 g/mol. The number of hydrogen-bond donors (Lipinski definition) is 0. The van der Waals surface area contributed by atoms with Gasteiger partial charge in [0.25, 0.3) is 0 Å². The molecule has 1 nitrogen and oxygen atoms in total. The van der Waals surface area contributed by atoms with E-state index in [9.17, 15) is 0 Å². The highest BCUT2D eigenvalue weighted by Crippen LogP contribution is 2.41. The standard InChI is InChI=1S/C25H33N/c1-2-9-21(10-3-1)11-7-18-26-19-8-14-23(17-20-26)25-16-6-13-22-12-4-5-15-24(22)25/h1-5,9-10,12,15,23,25H,6-8,11,13-14,16-20H2/t23-,25?/m1/s1. The second-order valence-corrected chi connectivity index (χ2v) is 8.32. The van der Waals surface area contributed by atoms with Crippen LogP contribution in [0.2, 0.25) is 0 Å². The molecule has 1 heterocycles. The SMILES string of the molecule is c1ccc(CCCN2CCC[C@@H](C3CCCc4ccccc43)CC2)cc1. The van der Waals surface area contributed by atoms with E-state index in [0.717, 1.165) is 11.8 Å². The van der Waals surface area contributed by atoms with Crippen LogP contribution in [0.1, 0.15) is 61.1 Å². The minimum atomic E-state index is 0.823. The topological polar surface area (TPSA) is 3.24 Å². The lowest BCUT2D eigenvalue weighted by molar-refractivity contribution is 0.270. The van der Waals surface area contributed by atoms with E-state index in [1.807, 2.05) is 0 Å². The molecule has 0 N–H and O–H groups in total. The summed E-state index contributed by atoms with van der Waals surface area (Å²) in [4.78, 5) is 2.73. The fourth-order valence-corrected chi connectivity index (χ4v) is 5.24. The van der Waals surface area contributed by atoms with Crippen molar-refractivity contribution in [2.75, 3.05) is 19.6 Å². The molecule has 2 aromatic rings. The van der Waals surface area contributed by atoms with Crippen LogP contribution in [0.25, 0.3) is 0 Å². The smallest absolute Gasteiger partial charge is 0.00156 e. The van der Waals surface area contributed by atoms with Gasteiger partial charge in [-0.3, -0.25) is 0 Å². The van der Waals surface area contributed by atoms with Crippen LogP contribution < -0.4 is 0 Å². The molecule has 0 saturated carbocycles. The first-order valence-electron chi connectivity index (χ1n) is 10.7. The second-order valence-electron chi connectivity index (χ2n) is 8.32. The van der Waals surface area contributed by atoms with Crippen LogP contribution in [0, 0.1) is 5.92 Å². The van der Waals surface area contributed by atoms with Gasteiger partial charge >= 0.3 is 0 Å². The first-order chi connectivity index (χ1) is 12.9. The monoisotopic (exact) mass is 347 g/mol. The number of benzene rings is 2. The van der Waals surface area contributed by atoms with E-state index in [2.05, 4.69) is 59.5 Å². The van der Waals surface area contributed by atoms with Crippen molar-refractivity contribution in [1.29, 1.82) is 0 Å². The van der Waals surface area contributed by atoms with E-state index in [-0.39, 0.29) is 0 Å². The highest BCUT2D eigenvalue weighted by Gasteiger charge is 2.29. The van der Waals surface area contributed by atoms with Gasteiger partial charge in [0, 0.05) is 0 Å². The number of nitrogens with zero attached hydrogens (tertiary/aromatic N) is 1. The molecule has 0 spiro atoms. The predicted octanol–water partition coefficient (Wildman–Crippen LogP) is 5.84. The summed E-state index contributed by atoms with van der Waals surface area (Å²) in [6, 6.07) is 20.2. The Morgan fingerprint density at radius 3 is 2.58 bits per heavy atom. The number of rotatable bonds is 5. The number of aryl methyl sites for hydroxylation is 2. The van der Waals surface area contributed by atoms with E-state index in [4.69, 9.17) is 0 Å². The third-order valence-electron chi connectivity index (χ3n) is 6.63. The Kier molecular flexibility index (Phi) is 6.07. The maximum atomic E-state index is 2.73. The molecule has 1 aliphatic carbocycles. The van der Waals surface area contributed by atoms with Gasteiger partial charge in [-0.2, -0.15) is 0 Å². The van der Waals surface area contributed by atoms with Crippen molar-refractivity contribution in [2.45, 2.75) is 57.3 Å². The molecule has 0 radical (unpaired) electrons. The summed E-state index contributed by atoms with van der Waals surface area (Å²) in [5.41, 5.74) is 4.80. The van der Waals surface area contributed by atoms with Crippen LogP contribution in [0.15, 0.2) is 54.6 Å². The van der Waals surface area contributed by atoms with Crippen LogP contribution in [-0.4, -0.2) is 24.5 Å². The molecule has 1 fully saturated rings. The molecule has 1 heteroatoms. The Morgan fingerprint density at radius 1 is 0.808 bits per heavy atom. The van der Waals surface area contributed by atoms with Crippen molar-refractivity contribution in [3.8, 4) is 0 Å². The summed E-state index contributed by atoms with van der Waals surface area (Å²) < 4.78 is 0.